The van der Waals surface area contributed by atoms with Crippen molar-refractivity contribution >= 4 is 28.6 Å². The highest BCUT2D eigenvalue weighted by Crippen LogP contribution is 2.20. The van der Waals surface area contributed by atoms with Crippen LogP contribution in [0.4, 0.5) is 0 Å². The van der Waals surface area contributed by atoms with Crippen LogP contribution in [0.2, 0.25) is 0 Å². The van der Waals surface area contributed by atoms with Gasteiger partial charge in [0, 0.05) is 6.07 Å². The van der Waals surface area contributed by atoms with Gasteiger partial charge < -0.3 is 0 Å². The molecule has 0 unspecified atom stereocenters. The minimum Gasteiger partial charge on any atom is -0.242 e. The Balaban J connectivity index is 1.59. The molecule has 0 fully saturated rings. The highest BCUT2D eigenvalue weighted by atomic mass is 32.2. The lowest BCUT2D eigenvalue weighted by Crippen LogP contribution is -2.24. The standard InChI is InChI=1S/C17H17N5S/c1-10-4-5-14-15(6-10)21-17(20-14)23-9-13-8-22-12(3)7-11(2)18-16(22)19-13/h4-8H,9H2,1-3H3,(H,20,21)/p+2. The molecule has 3 aromatic heterocycles. The van der Waals surface area contributed by atoms with Crippen molar-refractivity contribution in [3.63, 3.8) is 0 Å². The summed E-state index contributed by atoms with van der Waals surface area (Å²) < 4.78 is 2.10. The maximum absolute atomic E-state index is 4.54. The summed E-state index contributed by atoms with van der Waals surface area (Å²) in [6.45, 7) is 6.22. The van der Waals surface area contributed by atoms with E-state index in [4.69, 9.17) is 0 Å². The minimum atomic E-state index is 0.851. The van der Waals surface area contributed by atoms with E-state index in [2.05, 4.69) is 68.6 Å². The molecular formula is C17H19N5S+2. The number of imidazole rings is 2. The van der Waals surface area contributed by atoms with E-state index in [1.807, 2.05) is 6.92 Å². The van der Waals surface area contributed by atoms with Gasteiger partial charge in [0.1, 0.15) is 17.6 Å². The number of hydrogen-bond acceptors (Lipinski definition) is 2. The molecule has 0 bridgehead atoms. The van der Waals surface area contributed by atoms with Crippen LogP contribution in [0.15, 0.2) is 35.6 Å². The van der Waals surface area contributed by atoms with Crippen LogP contribution < -0.4 is 9.38 Å². The Hall–Kier alpha value is -2.34. The Labute approximate surface area is 138 Å². The van der Waals surface area contributed by atoms with E-state index >= 15 is 0 Å². The second-order valence-electron chi connectivity index (χ2n) is 5.93. The van der Waals surface area contributed by atoms with Crippen molar-refractivity contribution in [2.45, 2.75) is 31.7 Å². The number of aromatic nitrogens is 5. The fraction of sp³-hybridized carbons (Fsp3) is 0.235. The van der Waals surface area contributed by atoms with E-state index < -0.39 is 0 Å². The lowest BCUT2D eigenvalue weighted by atomic mass is 10.2. The van der Waals surface area contributed by atoms with Crippen LogP contribution in [-0.2, 0) is 5.75 Å². The van der Waals surface area contributed by atoms with Crippen molar-refractivity contribution in [3.8, 4) is 0 Å². The van der Waals surface area contributed by atoms with Gasteiger partial charge in [0.25, 0.3) is 0 Å². The molecule has 0 spiro atoms. The van der Waals surface area contributed by atoms with Crippen LogP contribution in [0.5, 0.6) is 0 Å². The van der Waals surface area contributed by atoms with Gasteiger partial charge in [0.05, 0.1) is 11.4 Å². The van der Waals surface area contributed by atoms with Crippen LogP contribution in [0.3, 0.4) is 0 Å². The predicted molar refractivity (Wildman–Crippen MR) is 90.4 cm³/mol. The first-order valence-corrected chi connectivity index (χ1v) is 8.59. The predicted octanol–water partition coefficient (Wildman–Crippen LogP) is 2.66. The van der Waals surface area contributed by atoms with E-state index in [1.165, 1.54) is 11.3 Å². The molecule has 0 saturated carbocycles. The van der Waals surface area contributed by atoms with Gasteiger partial charge >= 0.3 is 10.9 Å². The molecule has 4 aromatic rings. The molecule has 6 heteroatoms. The van der Waals surface area contributed by atoms with E-state index in [-0.39, 0.29) is 0 Å². The van der Waals surface area contributed by atoms with Crippen molar-refractivity contribution in [1.82, 2.24) is 15.0 Å². The van der Waals surface area contributed by atoms with Gasteiger partial charge in [0.2, 0.25) is 0 Å². The highest BCUT2D eigenvalue weighted by molar-refractivity contribution is 7.98. The first-order chi connectivity index (χ1) is 11.1. The monoisotopic (exact) mass is 325 g/mol. The average Bonchev–Trinajstić information content (AvgIpc) is 3.07. The van der Waals surface area contributed by atoms with Crippen LogP contribution in [-0.4, -0.2) is 15.0 Å². The Morgan fingerprint density at radius 2 is 2.04 bits per heavy atom. The second kappa shape index (κ2) is 5.38. The first kappa shape index (κ1) is 14.3. The van der Waals surface area contributed by atoms with Crippen LogP contribution >= 0.6 is 11.8 Å². The average molecular weight is 325 g/mol. The fourth-order valence-corrected chi connectivity index (χ4v) is 3.63. The molecule has 4 rings (SSSR count). The number of fused-ring (bicyclic) bond motifs is 2. The summed E-state index contributed by atoms with van der Waals surface area (Å²) >= 11 is 1.75. The summed E-state index contributed by atoms with van der Waals surface area (Å²) in [7, 11) is 0. The van der Waals surface area contributed by atoms with E-state index in [0.29, 0.717) is 0 Å². The molecule has 3 heterocycles. The van der Waals surface area contributed by atoms with Gasteiger partial charge in [-0.25, -0.2) is 19.4 Å². The van der Waals surface area contributed by atoms with Gasteiger partial charge in [-0.2, -0.15) is 0 Å². The number of aryl methyl sites for hydroxylation is 3. The fourth-order valence-electron chi connectivity index (χ4n) is 2.82. The van der Waals surface area contributed by atoms with Gasteiger partial charge in [0.15, 0.2) is 11.0 Å². The summed E-state index contributed by atoms with van der Waals surface area (Å²) in [6, 6.07) is 8.47. The maximum atomic E-state index is 4.54. The molecule has 0 amide bonds. The molecule has 0 atom stereocenters. The Morgan fingerprint density at radius 1 is 1.17 bits per heavy atom. The topological polar surface area (TPSA) is 62.7 Å². The van der Waals surface area contributed by atoms with Gasteiger partial charge in [-0.05, 0) is 50.2 Å². The lowest BCUT2D eigenvalue weighted by Gasteiger charge is -1.91. The third-order valence-corrected chi connectivity index (χ3v) is 4.86. The molecule has 23 heavy (non-hydrogen) atoms. The van der Waals surface area contributed by atoms with E-state index in [0.717, 1.165) is 39.1 Å². The zero-order valence-corrected chi connectivity index (χ0v) is 14.2. The van der Waals surface area contributed by atoms with Crippen LogP contribution in [0.25, 0.3) is 16.8 Å². The molecule has 3 N–H and O–H groups in total. The molecule has 5 nitrogen and oxygen atoms in total. The number of nitrogens with zero attached hydrogens (tertiary/aromatic N) is 2. The van der Waals surface area contributed by atoms with Crippen molar-refractivity contribution in [3.05, 3.63) is 53.1 Å². The van der Waals surface area contributed by atoms with E-state index in [1.54, 1.807) is 11.8 Å². The number of rotatable bonds is 3. The zero-order valence-electron chi connectivity index (χ0n) is 13.4. The number of nitrogens with one attached hydrogen (secondary N) is 3. The number of thioether (sulfide) groups is 1. The Morgan fingerprint density at radius 3 is 2.91 bits per heavy atom. The Bertz CT molecular complexity index is 1010. The first-order valence-electron chi connectivity index (χ1n) is 7.60. The lowest BCUT2D eigenvalue weighted by molar-refractivity contribution is -0.520. The third-order valence-electron chi connectivity index (χ3n) is 3.91. The van der Waals surface area contributed by atoms with Crippen molar-refractivity contribution < 1.29 is 9.38 Å². The molecule has 116 valence electrons. The molecule has 1 aromatic carbocycles. The normalized spacial score (nSPS) is 11.6. The summed E-state index contributed by atoms with van der Waals surface area (Å²) in [6.07, 6.45) is 2.12. The van der Waals surface area contributed by atoms with Gasteiger partial charge in [-0.15, -0.1) is 0 Å². The number of benzene rings is 1. The van der Waals surface area contributed by atoms with Gasteiger partial charge in [-0.3, -0.25) is 0 Å². The summed E-state index contributed by atoms with van der Waals surface area (Å²) in [5.74, 6) is 1.75. The summed E-state index contributed by atoms with van der Waals surface area (Å²) in [5, 5.41) is 1.06. The van der Waals surface area contributed by atoms with E-state index in [9.17, 15) is 0 Å². The Kier molecular flexibility index (Phi) is 3.34. The SMILES string of the molecule is Cc1ccc2[nH+]c(SCc3c[n+]4c(C)cc(C)nc4[nH]3)[nH]c2c1. The molecular weight excluding hydrogens is 306 g/mol. The molecule has 0 aliphatic heterocycles. The van der Waals surface area contributed by atoms with Gasteiger partial charge in [-0.1, -0.05) is 11.1 Å². The number of H-pyrrole nitrogens is 3. The quantitative estimate of drug-likeness (QED) is 0.449. The maximum Gasteiger partial charge on any atom is 0.401 e. The van der Waals surface area contributed by atoms with Crippen molar-refractivity contribution in [2.24, 2.45) is 0 Å². The highest BCUT2D eigenvalue weighted by Gasteiger charge is 2.15. The smallest absolute Gasteiger partial charge is 0.242 e. The van der Waals surface area contributed by atoms with Crippen molar-refractivity contribution in [2.75, 3.05) is 0 Å². The zero-order chi connectivity index (χ0) is 16.0. The number of aromatic amines is 3. The largest absolute Gasteiger partial charge is 0.401 e. The summed E-state index contributed by atoms with van der Waals surface area (Å²) in [4.78, 5) is 14.8. The molecule has 0 aliphatic rings. The van der Waals surface area contributed by atoms with Crippen molar-refractivity contribution in [1.29, 1.82) is 0 Å². The second-order valence-corrected chi connectivity index (χ2v) is 6.91. The molecule has 0 aliphatic carbocycles. The molecule has 0 radical (unpaired) electrons. The molecule has 0 saturated heterocycles. The minimum absolute atomic E-state index is 0.851. The third kappa shape index (κ3) is 2.70. The number of hydrogen-bond donors (Lipinski definition) is 2. The summed E-state index contributed by atoms with van der Waals surface area (Å²) in [5.41, 5.74) is 6.91. The van der Waals surface area contributed by atoms with Crippen LogP contribution in [0.1, 0.15) is 22.6 Å². The van der Waals surface area contributed by atoms with Crippen LogP contribution in [0, 0.1) is 20.8 Å².